The summed E-state index contributed by atoms with van der Waals surface area (Å²) in [5, 5.41) is 10.9. The summed E-state index contributed by atoms with van der Waals surface area (Å²) in [4.78, 5) is 27.8. The molecule has 1 unspecified atom stereocenters. The van der Waals surface area contributed by atoms with Crippen LogP contribution in [0, 0.1) is 0 Å². The number of carbonyl (C=O) groups is 2. The molecule has 5 nitrogen and oxygen atoms in total. The van der Waals surface area contributed by atoms with E-state index >= 15 is 0 Å². The van der Waals surface area contributed by atoms with Crippen LogP contribution in [0.1, 0.15) is 11.8 Å². The van der Waals surface area contributed by atoms with Gasteiger partial charge >= 0.3 is 5.97 Å². The molecule has 1 aromatic rings. The maximum Gasteiger partial charge on any atom is 0.320 e. The Morgan fingerprint density at radius 3 is 2.58 bits per heavy atom. The molecule has 0 aromatic carbocycles. The third-order valence-corrected chi connectivity index (χ3v) is 4.35. The Morgan fingerprint density at radius 2 is 2.05 bits per heavy atom. The molecule has 1 aromatic heterocycles. The van der Waals surface area contributed by atoms with Crippen LogP contribution >= 0.6 is 11.3 Å². The van der Waals surface area contributed by atoms with Crippen LogP contribution in [0.3, 0.4) is 0 Å². The molecule has 2 heterocycles. The molecule has 104 valence electrons. The fourth-order valence-electron chi connectivity index (χ4n) is 2.19. The van der Waals surface area contributed by atoms with Crippen molar-refractivity contribution in [2.24, 2.45) is 0 Å². The summed E-state index contributed by atoms with van der Waals surface area (Å²) in [5.41, 5.74) is 0. The average molecular weight is 282 g/mol. The van der Waals surface area contributed by atoms with Gasteiger partial charge in [-0.3, -0.25) is 14.5 Å². The zero-order chi connectivity index (χ0) is 13.8. The first-order valence-electron chi connectivity index (χ1n) is 6.35. The van der Waals surface area contributed by atoms with E-state index in [4.69, 9.17) is 5.11 Å². The molecular weight excluding hydrogens is 264 g/mol. The van der Waals surface area contributed by atoms with Crippen molar-refractivity contribution < 1.29 is 14.7 Å². The third-order valence-electron chi connectivity index (χ3n) is 3.48. The Labute approximate surface area is 116 Å². The molecular formula is C13H18N2O3S. The third kappa shape index (κ3) is 3.54. The van der Waals surface area contributed by atoms with Crippen molar-refractivity contribution in [3.8, 4) is 0 Å². The molecule has 1 saturated heterocycles. The predicted molar refractivity (Wildman–Crippen MR) is 73.3 cm³/mol. The second-order valence-electron chi connectivity index (χ2n) is 4.69. The number of aliphatic carboxylic acids is 1. The van der Waals surface area contributed by atoms with Crippen LogP contribution in [-0.2, 0) is 16.0 Å². The molecule has 1 aliphatic heterocycles. The Bertz CT molecular complexity index is 439. The second kappa shape index (κ2) is 6.16. The van der Waals surface area contributed by atoms with Crippen molar-refractivity contribution in [2.75, 3.05) is 26.2 Å². The van der Waals surface area contributed by atoms with E-state index in [1.165, 1.54) is 0 Å². The van der Waals surface area contributed by atoms with Gasteiger partial charge in [0.2, 0.25) is 5.91 Å². The van der Waals surface area contributed by atoms with Crippen LogP contribution < -0.4 is 0 Å². The molecule has 0 saturated carbocycles. The number of piperazine rings is 1. The summed E-state index contributed by atoms with van der Waals surface area (Å²) in [6, 6.07) is 3.43. The van der Waals surface area contributed by atoms with Gasteiger partial charge in [0.1, 0.15) is 6.04 Å². The lowest BCUT2D eigenvalue weighted by Gasteiger charge is -2.36. The van der Waals surface area contributed by atoms with Crippen LogP contribution in [0.4, 0.5) is 0 Å². The summed E-state index contributed by atoms with van der Waals surface area (Å²) >= 11 is 1.59. The van der Waals surface area contributed by atoms with Crippen molar-refractivity contribution in [1.29, 1.82) is 0 Å². The lowest BCUT2D eigenvalue weighted by Crippen LogP contribution is -2.53. The summed E-state index contributed by atoms with van der Waals surface area (Å²) in [6.07, 6.45) is 0.451. The minimum absolute atomic E-state index is 0.130. The maximum absolute atomic E-state index is 12.1. The number of carbonyl (C=O) groups excluding carboxylic acids is 1. The van der Waals surface area contributed by atoms with Crippen molar-refractivity contribution >= 4 is 23.2 Å². The van der Waals surface area contributed by atoms with E-state index < -0.39 is 12.0 Å². The van der Waals surface area contributed by atoms with E-state index in [2.05, 4.69) is 0 Å². The Hall–Kier alpha value is -1.40. The zero-order valence-electron chi connectivity index (χ0n) is 10.9. The van der Waals surface area contributed by atoms with E-state index in [1.807, 2.05) is 27.3 Å². The lowest BCUT2D eigenvalue weighted by molar-refractivity contribution is -0.144. The fourth-order valence-corrected chi connectivity index (χ4v) is 2.88. The highest BCUT2D eigenvalue weighted by atomic mass is 32.1. The average Bonchev–Trinajstić information content (AvgIpc) is 2.90. The van der Waals surface area contributed by atoms with Gasteiger partial charge in [-0.2, -0.15) is 0 Å². The van der Waals surface area contributed by atoms with Crippen LogP contribution in [0.25, 0.3) is 0 Å². The SMILES string of the molecule is CC(C(=O)O)N1CCN(C(=O)Cc2cccs2)CC1. The highest BCUT2D eigenvalue weighted by Crippen LogP contribution is 2.12. The molecule has 0 radical (unpaired) electrons. The molecule has 1 aliphatic rings. The number of hydrogen-bond acceptors (Lipinski definition) is 4. The van der Waals surface area contributed by atoms with Gasteiger partial charge in [0.15, 0.2) is 0 Å². The topological polar surface area (TPSA) is 60.9 Å². The van der Waals surface area contributed by atoms with Gasteiger partial charge in [0.05, 0.1) is 6.42 Å². The smallest absolute Gasteiger partial charge is 0.320 e. The van der Waals surface area contributed by atoms with Gasteiger partial charge in [0.25, 0.3) is 0 Å². The van der Waals surface area contributed by atoms with Gasteiger partial charge in [-0.25, -0.2) is 0 Å². The summed E-state index contributed by atoms with van der Waals surface area (Å²) in [5.74, 6) is -0.677. The molecule has 1 fully saturated rings. The highest BCUT2D eigenvalue weighted by molar-refractivity contribution is 7.10. The number of hydrogen-bond donors (Lipinski definition) is 1. The number of nitrogens with zero attached hydrogens (tertiary/aromatic N) is 2. The number of carboxylic acids is 1. The zero-order valence-corrected chi connectivity index (χ0v) is 11.7. The van der Waals surface area contributed by atoms with Crippen molar-refractivity contribution in [1.82, 2.24) is 9.80 Å². The number of thiophene rings is 1. The molecule has 19 heavy (non-hydrogen) atoms. The van der Waals surface area contributed by atoms with E-state index in [9.17, 15) is 9.59 Å². The highest BCUT2D eigenvalue weighted by Gasteiger charge is 2.27. The van der Waals surface area contributed by atoms with Gasteiger partial charge in [-0.05, 0) is 18.4 Å². The standard InChI is InChI=1S/C13H18N2O3S/c1-10(13(17)18)14-4-6-15(7-5-14)12(16)9-11-3-2-8-19-11/h2-3,8,10H,4-7,9H2,1H3,(H,17,18). The van der Waals surface area contributed by atoms with Crippen LogP contribution in [0.2, 0.25) is 0 Å². The summed E-state index contributed by atoms with van der Waals surface area (Å²) < 4.78 is 0. The van der Waals surface area contributed by atoms with Crippen molar-refractivity contribution in [3.63, 3.8) is 0 Å². The number of carboxylic acid groups (broad SMARTS) is 1. The van der Waals surface area contributed by atoms with Gasteiger partial charge < -0.3 is 10.0 Å². The van der Waals surface area contributed by atoms with Gasteiger partial charge in [-0.15, -0.1) is 11.3 Å². The minimum atomic E-state index is -0.807. The molecule has 0 aliphatic carbocycles. The second-order valence-corrected chi connectivity index (χ2v) is 5.72. The van der Waals surface area contributed by atoms with E-state index in [0.29, 0.717) is 32.6 Å². The Morgan fingerprint density at radius 1 is 1.37 bits per heavy atom. The lowest BCUT2D eigenvalue weighted by atomic mass is 10.2. The Balaban J connectivity index is 1.83. The molecule has 0 spiro atoms. The van der Waals surface area contributed by atoms with Crippen LogP contribution in [0.15, 0.2) is 17.5 Å². The first kappa shape index (κ1) is 14.0. The quantitative estimate of drug-likeness (QED) is 0.891. The maximum atomic E-state index is 12.1. The largest absolute Gasteiger partial charge is 0.480 e. The molecule has 1 atom stereocenters. The van der Waals surface area contributed by atoms with Crippen LogP contribution in [0.5, 0.6) is 0 Å². The first-order chi connectivity index (χ1) is 9.08. The summed E-state index contributed by atoms with van der Waals surface area (Å²) in [6.45, 7) is 4.17. The predicted octanol–water partition coefficient (Wildman–Crippen LogP) is 0.908. The van der Waals surface area contributed by atoms with Crippen LogP contribution in [-0.4, -0.2) is 59.0 Å². The minimum Gasteiger partial charge on any atom is -0.480 e. The van der Waals surface area contributed by atoms with Gasteiger partial charge in [0, 0.05) is 31.1 Å². The van der Waals surface area contributed by atoms with Crippen molar-refractivity contribution in [2.45, 2.75) is 19.4 Å². The first-order valence-corrected chi connectivity index (χ1v) is 7.23. The molecule has 1 N–H and O–H groups in total. The van der Waals surface area contributed by atoms with E-state index in [1.54, 1.807) is 18.3 Å². The monoisotopic (exact) mass is 282 g/mol. The molecule has 1 amide bonds. The number of amides is 1. The Kier molecular flexibility index (Phi) is 4.55. The van der Waals surface area contributed by atoms with E-state index in [0.717, 1.165) is 4.88 Å². The fraction of sp³-hybridized carbons (Fsp3) is 0.538. The number of rotatable bonds is 4. The molecule has 2 rings (SSSR count). The van der Waals surface area contributed by atoms with E-state index in [-0.39, 0.29) is 5.91 Å². The molecule has 0 bridgehead atoms. The van der Waals surface area contributed by atoms with Crippen molar-refractivity contribution in [3.05, 3.63) is 22.4 Å². The molecule has 6 heteroatoms. The summed E-state index contributed by atoms with van der Waals surface area (Å²) in [7, 11) is 0. The van der Waals surface area contributed by atoms with Gasteiger partial charge in [-0.1, -0.05) is 6.07 Å². The normalized spacial score (nSPS) is 18.3.